The maximum Gasteiger partial charge on any atom is 0.275 e. The SMILES string of the molecule is CCn1ccc2ccn(CC(=O)NCc3cccs3)c(=O)c21. The number of aryl methyl sites for hydroxylation is 1. The first-order chi connectivity index (χ1) is 10.7. The van der Waals surface area contributed by atoms with Gasteiger partial charge in [-0.25, -0.2) is 0 Å². The van der Waals surface area contributed by atoms with Gasteiger partial charge in [-0.2, -0.15) is 0 Å². The maximum absolute atomic E-state index is 12.5. The Balaban J connectivity index is 1.77. The van der Waals surface area contributed by atoms with Gasteiger partial charge in [-0.15, -0.1) is 11.3 Å². The van der Waals surface area contributed by atoms with Crippen molar-refractivity contribution in [2.45, 2.75) is 26.6 Å². The highest BCUT2D eigenvalue weighted by molar-refractivity contribution is 7.09. The molecule has 0 saturated carbocycles. The van der Waals surface area contributed by atoms with Crippen LogP contribution in [0.15, 0.2) is 46.8 Å². The van der Waals surface area contributed by atoms with Crippen LogP contribution in [0.5, 0.6) is 0 Å². The third-order valence-electron chi connectivity index (χ3n) is 3.59. The van der Waals surface area contributed by atoms with Crippen LogP contribution in [0.25, 0.3) is 10.9 Å². The quantitative estimate of drug-likeness (QED) is 0.785. The van der Waals surface area contributed by atoms with E-state index < -0.39 is 0 Å². The fraction of sp³-hybridized carbons (Fsp3) is 0.250. The Kier molecular flexibility index (Phi) is 4.11. The van der Waals surface area contributed by atoms with Crippen molar-refractivity contribution in [3.05, 3.63) is 57.3 Å². The zero-order valence-corrected chi connectivity index (χ0v) is 13.1. The molecule has 0 saturated heterocycles. The minimum Gasteiger partial charge on any atom is -0.350 e. The number of aromatic nitrogens is 2. The molecule has 1 amide bonds. The molecule has 22 heavy (non-hydrogen) atoms. The van der Waals surface area contributed by atoms with Crippen LogP contribution in [-0.2, 0) is 24.4 Å². The molecule has 114 valence electrons. The van der Waals surface area contributed by atoms with Gasteiger partial charge in [-0.05, 0) is 30.5 Å². The van der Waals surface area contributed by atoms with Crippen molar-refractivity contribution in [3.63, 3.8) is 0 Å². The molecule has 3 rings (SSSR count). The Hall–Kier alpha value is -2.34. The topological polar surface area (TPSA) is 56.0 Å². The summed E-state index contributed by atoms with van der Waals surface area (Å²) in [5, 5.41) is 5.71. The number of pyridine rings is 1. The molecule has 0 bridgehead atoms. The summed E-state index contributed by atoms with van der Waals surface area (Å²) in [6.07, 6.45) is 3.57. The lowest BCUT2D eigenvalue weighted by Gasteiger charge is -2.08. The van der Waals surface area contributed by atoms with Gasteiger partial charge in [-0.1, -0.05) is 6.07 Å². The van der Waals surface area contributed by atoms with E-state index in [0.29, 0.717) is 12.1 Å². The van der Waals surface area contributed by atoms with E-state index >= 15 is 0 Å². The van der Waals surface area contributed by atoms with Gasteiger partial charge in [0.15, 0.2) is 0 Å². The fourth-order valence-corrected chi connectivity index (χ4v) is 3.09. The molecule has 0 atom stereocenters. The molecule has 0 unspecified atom stereocenters. The van der Waals surface area contributed by atoms with Crippen LogP contribution in [0.4, 0.5) is 0 Å². The highest BCUT2D eigenvalue weighted by Gasteiger charge is 2.10. The van der Waals surface area contributed by atoms with Crippen LogP contribution in [0.1, 0.15) is 11.8 Å². The van der Waals surface area contributed by atoms with Crippen molar-refractivity contribution in [3.8, 4) is 0 Å². The van der Waals surface area contributed by atoms with Crippen molar-refractivity contribution in [2.24, 2.45) is 0 Å². The molecule has 0 spiro atoms. The number of carbonyl (C=O) groups is 1. The Morgan fingerprint density at radius 2 is 2.00 bits per heavy atom. The maximum atomic E-state index is 12.5. The van der Waals surface area contributed by atoms with E-state index in [0.717, 1.165) is 16.8 Å². The standard InChI is InChI=1S/C16H17N3O2S/c1-2-18-7-5-12-6-8-19(16(21)15(12)18)11-14(20)17-10-13-4-3-9-22-13/h3-9H,2,10-11H2,1H3,(H,17,20). The highest BCUT2D eigenvalue weighted by atomic mass is 32.1. The van der Waals surface area contributed by atoms with Gasteiger partial charge < -0.3 is 14.5 Å². The zero-order valence-electron chi connectivity index (χ0n) is 12.3. The Bertz CT molecular complexity index is 846. The van der Waals surface area contributed by atoms with E-state index in [9.17, 15) is 9.59 Å². The number of hydrogen-bond donors (Lipinski definition) is 1. The first-order valence-electron chi connectivity index (χ1n) is 7.16. The number of fused-ring (bicyclic) bond motifs is 1. The molecule has 1 N–H and O–H groups in total. The van der Waals surface area contributed by atoms with Gasteiger partial charge in [0.1, 0.15) is 12.1 Å². The molecule has 3 heterocycles. The van der Waals surface area contributed by atoms with Gasteiger partial charge >= 0.3 is 0 Å². The predicted molar refractivity (Wildman–Crippen MR) is 88.0 cm³/mol. The molecule has 6 heteroatoms. The first kappa shape index (κ1) is 14.6. The van der Waals surface area contributed by atoms with E-state index in [-0.39, 0.29) is 18.0 Å². The second-order valence-electron chi connectivity index (χ2n) is 5.01. The second-order valence-corrected chi connectivity index (χ2v) is 6.04. The average molecular weight is 315 g/mol. The normalized spacial score (nSPS) is 11.0. The molecular weight excluding hydrogens is 298 g/mol. The van der Waals surface area contributed by atoms with Gasteiger partial charge in [-0.3, -0.25) is 9.59 Å². The first-order valence-corrected chi connectivity index (χ1v) is 8.04. The molecular formula is C16H17N3O2S. The van der Waals surface area contributed by atoms with Crippen LogP contribution >= 0.6 is 11.3 Å². The van der Waals surface area contributed by atoms with Gasteiger partial charge in [0.2, 0.25) is 5.91 Å². The summed E-state index contributed by atoms with van der Waals surface area (Å²) in [4.78, 5) is 25.6. The molecule has 5 nitrogen and oxygen atoms in total. The molecule has 0 fully saturated rings. The van der Waals surface area contributed by atoms with Crippen LogP contribution in [0.2, 0.25) is 0 Å². The Morgan fingerprint density at radius 3 is 2.68 bits per heavy atom. The van der Waals surface area contributed by atoms with E-state index in [4.69, 9.17) is 0 Å². The van der Waals surface area contributed by atoms with E-state index in [1.54, 1.807) is 17.5 Å². The predicted octanol–water partition coefficient (Wildman–Crippen LogP) is 2.20. The number of rotatable bonds is 5. The monoisotopic (exact) mass is 315 g/mol. The lowest BCUT2D eigenvalue weighted by Crippen LogP contribution is -2.32. The van der Waals surface area contributed by atoms with Crippen molar-refractivity contribution in [1.29, 1.82) is 0 Å². The third-order valence-corrected chi connectivity index (χ3v) is 4.46. The molecule has 3 aromatic heterocycles. The lowest BCUT2D eigenvalue weighted by molar-refractivity contribution is -0.121. The van der Waals surface area contributed by atoms with Crippen molar-refractivity contribution >= 4 is 28.1 Å². The molecule has 3 aromatic rings. The van der Waals surface area contributed by atoms with E-state index in [1.807, 2.05) is 47.3 Å². The number of nitrogens with one attached hydrogen (secondary N) is 1. The van der Waals surface area contributed by atoms with Crippen LogP contribution in [0.3, 0.4) is 0 Å². The molecule has 0 aliphatic heterocycles. The van der Waals surface area contributed by atoms with E-state index in [2.05, 4.69) is 5.32 Å². The van der Waals surface area contributed by atoms with Crippen LogP contribution < -0.4 is 10.9 Å². The number of hydrogen-bond acceptors (Lipinski definition) is 3. The number of amides is 1. The molecule has 0 aromatic carbocycles. The zero-order chi connectivity index (χ0) is 15.5. The number of nitrogens with zero attached hydrogens (tertiary/aromatic N) is 2. The summed E-state index contributed by atoms with van der Waals surface area (Å²) in [6, 6.07) is 7.71. The van der Waals surface area contributed by atoms with Gasteiger partial charge in [0.05, 0.1) is 6.54 Å². The summed E-state index contributed by atoms with van der Waals surface area (Å²) in [5.41, 5.74) is 0.520. The molecule has 0 radical (unpaired) electrons. The summed E-state index contributed by atoms with van der Waals surface area (Å²) in [6.45, 7) is 3.26. The third kappa shape index (κ3) is 2.82. The van der Waals surface area contributed by atoms with Crippen LogP contribution in [-0.4, -0.2) is 15.0 Å². The number of thiophene rings is 1. The fourth-order valence-electron chi connectivity index (χ4n) is 2.44. The summed E-state index contributed by atoms with van der Waals surface area (Å²) in [7, 11) is 0. The summed E-state index contributed by atoms with van der Waals surface area (Å²) >= 11 is 1.60. The van der Waals surface area contributed by atoms with Crippen molar-refractivity contribution in [1.82, 2.24) is 14.5 Å². The highest BCUT2D eigenvalue weighted by Crippen LogP contribution is 2.11. The second kappa shape index (κ2) is 6.19. The Morgan fingerprint density at radius 1 is 1.23 bits per heavy atom. The molecule has 0 aliphatic carbocycles. The lowest BCUT2D eigenvalue weighted by atomic mass is 10.3. The van der Waals surface area contributed by atoms with E-state index in [1.165, 1.54) is 4.57 Å². The minimum absolute atomic E-state index is 0.0367. The Labute approximate surface area is 131 Å². The van der Waals surface area contributed by atoms with Gasteiger partial charge in [0.25, 0.3) is 5.56 Å². The smallest absolute Gasteiger partial charge is 0.275 e. The minimum atomic E-state index is -0.163. The largest absolute Gasteiger partial charge is 0.350 e. The van der Waals surface area contributed by atoms with Crippen LogP contribution in [0, 0.1) is 0 Å². The summed E-state index contributed by atoms with van der Waals surface area (Å²) < 4.78 is 3.36. The van der Waals surface area contributed by atoms with Crippen molar-refractivity contribution < 1.29 is 4.79 Å². The van der Waals surface area contributed by atoms with Crippen molar-refractivity contribution in [2.75, 3.05) is 0 Å². The van der Waals surface area contributed by atoms with Gasteiger partial charge in [0, 0.05) is 29.2 Å². The molecule has 0 aliphatic rings. The average Bonchev–Trinajstić information content (AvgIpc) is 3.17. The number of carbonyl (C=O) groups excluding carboxylic acids is 1. The summed E-state index contributed by atoms with van der Waals surface area (Å²) in [5.74, 6) is -0.163.